The molecule has 6 unspecified atom stereocenters. The highest BCUT2D eigenvalue weighted by Crippen LogP contribution is 2.37. The van der Waals surface area contributed by atoms with E-state index in [0.717, 1.165) is 13.0 Å². The number of ether oxygens (including phenoxy) is 1. The van der Waals surface area contributed by atoms with Gasteiger partial charge in [0, 0.05) is 12.6 Å². The predicted octanol–water partition coefficient (Wildman–Crippen LogP) is 4.44. The van der Waals surface area contributed by atoms with Crippen LogP contribution in [-0.2, 0) is 9.53 Å². The average Bonchev–Trinajstić information content (AvgIpc) is 3.35. The van der Waals surface area contributed by atoms with E-state index in [1.807, 2.05) is 6.07 Å². The van der Waals surface area contributed by atoms with Crippen LogP contribution < -0.4 is 0 Å². The van der Waals surface area contributed by atoms with Crippen LogP contribution in [0.4, 0.5) is 0 Å². The van der Waals surface area contributed by atoms with Crippen LogP contribution >= 0.6 is 0 Å². The van der Waals surface area contributed by atoms with Crippen molar-refractivity contribution in [1.29, 1.82) is 0 Å². The van der Waals surface area contributed by atoms with Crippen LogP contribution in [0.3, 0.4) is 0 Å². The van der Waals surface area contributed by atoms with E-state index in [1.54, 1.807) is 0 Å². The lowest BCUT2D eigenvalue weighted by molar-refractivity contribution is -0.156. The standard InChI is InChI=1S/C21H31NO2/c1-14(2)18-11-10-15(3)12-20(18)24-21(23)19-13-22(19)16(4)17-8-6-5-7-9-17/h5-9,14-16,18-20H,10-13H2,1-4H3. The Labute approximate surface area is 146 Å². The Bertz CT molecular complexity index is 556. The molecule has 0 amide bonds. The Hall–Kier alpha value is -1.35. The number of hydrogen-bond donors (Lipinski definition) is 0. The largest absolute Gasteiger partial charge is 0.461 e. The van der Waals surface area contributed by atoms with E-state index in [1.165, 1.54) is 18.4 Å². The molecule has 3 heteroatoms. The van der Waals surface area contributed by atoms with Gasteiger partial charge in [-0.3, -0.25) is 9.69 Å². The quantitative estimate of drug-likeness (QED) is 0.591. The molecule has 2 fully saturated rings. The van der Waals surface area contributed by atoms with Crippen molar-refractivity contribution in [2.24, 2.45) is 17.8 Å². The summed E-state index contributed by atoms with van der Waals surface area (Å²) in [6.45, 7) is 9.77. The van der Waals surface area contributed by atoms with E-state index >= 15 is 0 Å². The summed E-state index contributed by atoms with van der Waals surface area (Å²) in [6, 6.07) is 10.6. The van der Waals surface area contributed by atoms with E-state index < -0.39 is 0 Å². The van der Waals surface area contributed by atoms with Gasteiger partial charge in [-0.25, -0.2) is 0 Å². The smallest absolute Gasteiger partial charge is 0.325 e. The highest BCUT2D eigenvalue weighted by Gasteiger charge is 2.46. The Morgan fingerprint density at radius 2 is 1.88 bits per heavy atom. The van der Waals surface area contributed by atoms with Crippen molar-refractivity contribution in [3.8, 4) is 0 Å². The highest BCUT2D eigenvalue weighted by atomic mass is 16.5. The molecule has 0 radical (unpaired) electrons. The van der Waals surface area contributed by atoms with Crippen LogP contribution in [0.25, 0.3) is 0 Å². The zero-order chi connectivity index (χ0) is 17.3. The van der Waals surface area contributed by atoms with Gasteiger partial charge in [-0.2, -0.15) is 0 Å². The molecule has 1 saturated heterocycles. The molecule has 1 aromatic carbocycles. The van der Waals surface area contributed by atoms with Crippen LogP contribution in [-0.4, -0.2) is 29.6 Å². The van der Waals surface area contributed by atoms with Crippen molar-refractivity contribution in [3.05, 3.63) is 35.9 Å². The lowest BCUT2D eigenvalue weighted by Crippen LogP contribution is -2.37. The van der Waals surface area contributed by atoms with Crippen LogP contribution in [0.2, 0.25) is 0 Å². The topological polar surface area (TPSA) is 29.3 Å². The molecular formula is C21H31NO2. The second kappa shape index (κ2) is 7.26. The molecule has 0 N–H and O–H groups in total. The molecule has 24 heavy (non-hydrogen) atoms. The Kier molecular flexibility index (Phi) is 5.29. The van der Waals surface area contributed by atoms with E-state index in [2.05, 4.69) is 56.9 Å². The summed E-state index contributed by atoms with van der Waals surface area (Å²) in [6.07, 6.45) is 3.58. The lowest BCUT2D eigenvalue weighted by atomic mass is 9.75. The van der Waals surface area contributed by atoms with Gasteiger partial charge in [0.15, 0.2) is 0 Å². The molecule has 0 aromatic heterocycles. The summed E-state index contributed by atoms with van der Waals surface area (Å²) in [5.41, 5.74) is 1.26. The van der Waals surface area contributed by atoms with Crippen molar-refractivity contribution < 1.29 is 9.53 Å². The van der Waals surface area contributed by atoms with E-state index in [0.29, 0.717) is 17.8 Å². The van der Waals surface area contributed by atoms with Crippen LogP contribution in [0, 0.1) is 17.8 Å². The minimum atomic E-state index is -0.0507. The number of benzene rings is 1. The minimum Gasteiger partial charge on any atom is -0.461 e. The number of carbonyl (C=O) groups excluding carboxylic acids is 1. The third kappa shape index (κ3) is 3.83. The summed E-state index contributed by atoms with van der Waals surface area (Å²) >= 11 is 0. The fraction of sp³-hybridized carbons (Fsp3) is 0.667. The fourth-order valence-corrected chi connectivity index (χ4v) is 4.19. The molecule has 1 aromatic rings. The first-order valence-corrected chi connectivity index (χ1v) is 9.48. The zero-order valence-corrected chi connectivity index (χ0v) is 15.4. The first-order chi connectivity index (χ1) is 11.5. The average molecular weight is 329 g/mol. The number of rotatable bonds is 5. The molecule has 2 aliphatic rings. The van der Waals surface area contributed by atoms with Gasteiger partial charge in [-0.1, -0.05) is 57.5 Å². The number of nitrogens with zero attached hydrogens (tertiary/aromatic N) is 1. The van der Waals surface area contributed by atoms with Crippen molar-refractivity contribution >= 4 is 5.97 Å². The first-order valence-electron chi connectivity index (χ1n) is 9.48. The Morgan fingerprint density at radius 1 is 1.17 bits per heavy atom. The van der Waals surface area contributed by atoms with E-state index in [4.69, 9.17) is 4.74 Å². The summed E-state index contributed by atoms with van der Waals surface area (Å²) in [5, 5.41) is 0. The molecular weight excluding hydrogens is 298 g/mol. The molecule has 1 aliphatic heterocycles. The van der Waals surface area contributed by atoms with Crippen LogP contribution in [0.15, 0.2) is 30.3 Å². The van der Waals surface area contributed by atoms with Gasteiger partial charge in [0.1, 0.15) is 12.1 Å². The molecule has 1 aliphatic carbocycles. The monoisotopic (exact) mass is 329 g/mol. The van der Waals surface area contributed by atoms with Gasteiger partial charge in [0.2, 0.25) is 0 Å². The Balaban J connectivity index is 1.57. The summed E-state index contributed by atoms with van der Waals surface area (Å²) in [5.74, 6) is 1.75. The maximum absolute atomic E-state index is 12.6. The molecule has 1 heterocycles. The van der Waals surface area contributed by atoms with Gasteiger partial charge in [-0.05, 0) is 43.1 Å². The van der Waals surface area contributed by atoms with Crippen molar-refractivity contribution in [2.75, 3.05) is 6.54 Å². The third-order valence-corrected chi connectivity index (χ3v) is 5.93. The normalized spacial score (nSPS) is 34.0. The lowest BCUT2D eigenvalue weighted by Gasteiger charge is -2.36. The molecule has 3 rings (SSSR count). The summed E-state index contributed by atoms with van der Waals surface area (Å²) < 4.78 is 6.00. The molecule has 1 saturated carbocycles. The maximum Gasteiger partial charge on any atom is 0.325 e. The SMILES string of the molecule is CC1CCC(C(C)C)C(OC(=O)C2CN2C(C)c2ccccc2)C1. The summed E-state index contributed by atoms with van der Waals surface area (Å²) in [4.78, 5) is 14.9. The molecule has 0 bridgehead atoms. The molecule has 132 valence electrons. The third-order valence-electron chi connectivity index (χ3n) is 5.93. The van der Waals surface area contributed by atoms with E-state index in [-0.39, 0.29) is 24.2 Å². The zero-order valence-electron chi connectivity index (χ0n) is 15.4. The minimum absolute atomic E-state index is 0.0115. The van der Waals surface area contributed by atoms with Gasteiger partial charge in [0.25, 0.3) is 0 Å². The van der Waals surface area contributed by atoms with E-state index in [9.17, 15) is 4.79 Å². The fourth-order valence-electron chi connectivity index (χ4n) is 4.19. The van der Waals surface area contributed by atoms with Gasteiger partial charge in [-0.15, -0.1) is 0 Å². The predicted molar refractivity (Wildman–Crippen MR) is 96.6 cm³/mol. The Morgan fingerprint density at radius 3 is 2.54 bits per heavy atom. The number of esters is 1. The van der Waals surface area contributed by atoms with Gasteiger partial charge in [0.05, 0.1) is 0 Å². The second-order valence-corrected chi connectivity index (χ2v) is 8.10. The van der Waals surface area contributed by atoms with Gasteiger partial charge >= 0.3 is 5.97 Å². The van der Waals surface area contributed by atoms with Crippen molar-refractivity contribution in [3.63, 3.8) is 0 Å². The van der Waals surface area contributed by atoms with Crippen LogP contribution in [0.5, 0.6) is 0 Å². The number of hydrogen-bond acceptors (Lipinski definition) is 3. The molecule has 0 spiro atoms. The summed E-state index contributed by atoms with van der Waals surface area (Å²) in [7, 11) is 0. The first kappa shape index (κ1) is 17.5. The maximum atomic E-state index is 12.6. The highest BCUT2D eigenvalue weighted by molar-refractivity contribution is 5.79. The number of carbonyl (C=O) groups is 1. The van der Waals surface area contributed by atoms with Crippen molar-refractivity contribution in [2.45, 2.75) is 65.1 Å². The molecule has 6 atom stereocenters. The second-order valence-electron chi connectivity index (χ2n) is 8.10. The van der Waals surface area contributed by atoms with Crippen molar-refractivity contribution in [1.82, 2.24) is 4.90 Å². The molecule has 3 nitrogen and oxygen atoms in total. The van der Waals surface area contributed by atoms with Gasteiger partial charge < -0.3 is 4.74 Å². The van der Waals surface area contributed by atoms with Crippen LogP contribution in [0.1, 0.15) is 58.6 Å².